The summed E-state index contributed by atoms with van der Waals surface area (Å²) in [4.78, 5) is 0.229. The summed E-state index contributed by atoms with van der Waals surface area (Å²) in [6.07, 6.45) is 2.58. The fourth-order valence-electron chi connectivity index (χ4n) is 3.26. The minimum Gasteiger partial charge on any atom is -0.493 e. The number of sulfonamides is 1. The number of benzene rings is 2. The van der Waals surface area contributed by atoms with Crippen LogP contribution >= 0.6 is 12.2 Å². The van der Waals surface area contributed by atoms with E-state index in [9.17, 15) is 8.42 Å². The first kappa shape index (κ1) is 26.9. The molecule has 0 bridgehead atoms. The van der Waals surface area contributed by atoms with Gasteiger partial charge in [-0.15, -0.1) is 0 Å². The maximum absolute atomic E-state index is 12.7. The minimum absolute atomic E-state index is 0.229. The van der Waals surface area contributed by atoms with Gasteiger partial charge in [0.1, 0.15) is 0 Å². The summed E-state index contributed by atoms with van der Waals surface area (Å²) in [5.74, 6) is 1.89. The largest absolute Gasteiger partial charge is 0.493 e. The predicted molar refractivity (Wildman–Crippen MR) is 141 cm³/mol. The van der Waals surface area contributed by atoms with Gasteiger partial charge in [0.15, 0.2) is 16.6 Å². The summed E-state index contributed by atoms with van der Waals surface area (Å²) < 4.78 is 43.3. The van der Waals surface area contributed by atoms with Crippen molar-refractivity contribution in [3.8, 4) is 11.5 Å². The van der Waals surface area contributed by atoms with Gasteiger partial charge in [-0.2, -0.15) is 9.41 Å². The monoisotopic (exact) mass is 520 g/mol. The molecule has 1 saturated heterocycles. The Morgan fingerprint density at radius 3 is 2.54 bits per heavy atom. The van der Waals surface area contributed by atoms with E-state index in [1.165, 1.54) is 4.31 Å². The average molecular weight is 521 g/mol. The summed E-state index contributed by atoms with van der Waals surface area (Å²) in [6, 6.07) is 12.0. The third kappa shape index (κ3) is 7.89. The molecule has 0 aromatic heterocycles. The smallest absolute Gasteiger partial charge is 0.243 e. The molecule has 2 aromatic rings. The molecule has 0 amide bonds. The van der Waals surface area contributed by atoms with Crippen molar-refractivity contribution in [2.75, 3.05) is 45.3 Å². The van der Waals surface area contributed by atoms with Crippen LogP contribution in [0.15, 0.2) is 52.5 Å². The molecule has 11 heteroatoms. The summed E-state index contributed by atoms with van der Waals surface area (Å²) in [7, 11) is -1.94. The zero-order valence-electron chi connectivity index (χ0n) is 20.2. The summed E-state index contributed by atoms with van der Waals surface area (Å²) in [5, 5.41) is 7.41. The van der Waals surface area contributed by atoms with Crippen molar-refractivity contribution in [1.29, 1.82) is 0 Å². The van der Waals surface area contributed by atoms with Crippen LogP contribution in [0.25, 0.3) is 0 Å². The molecule has 1 heterocycles. The van der Waals surface area contributed by atoms with Gasteiger partial charge in [0, 0.05) is 18.8 Å². The molecule has 190 valence electrons. The van der Waals surface area contributed by atoms with Gasteiger partial charge in [-0.1, -0.05) is 13.8 Å². The highest BCUT2D eigenvalue weighted by Crippen LogP contribution is 2.28. The highest BCUT2D eigenvalue weighted by Gasteiger charge is 2.26. The lowest BCUT2D eigenvalue weighted by atomic mass is 10.1. The Hall–Kier alpha value is -2.73. The van der Waals surface area contributed by atoms with Crippen LogP contribution < -0.4 is 20.2 Å². The van der Waals surface area contributed by atoms with Gasteiger partial charge in [-0.05, 0) is 72.6 Å². The number of nitrogens with zero attached hydrogens (tertiary/aromatic N) is 2. The normalized spacial score (nSPS) is 14.7. The quantitative estimate of drug-likeness (QED) is 0.279. The van der Waals surface area contributed by atoms with Crippen LogP contribution in [0.3, 0.4) is 0 Å². The second-order valence-electron chi connectivity index (χ2n) is 8.31. The Morgan fingerprint density at radius 1 is 1.17 bits per heavy atom. The van der Waals surface area contributed by atoms with E-state index in [-0.39, 0.29) is 10.0 Å². The number of morpholine rings is 1. The fourth-order valence-corrected chi connectivity index (χ4v) is 4.84. The van der Waals surface area contributed by atoms with Crippen molar-refractivity contribution < 1.29 is 22.6 Å². The molecule has 0 spiro atoms. The van der Waals surface area contributed by atoms with Crippen LogP contribution in [0.4, 0.5) is 5.69 Å². The van der Waals surface area contributed by atoms with E-state index in [1.54, 1.807) is 37.6 Å². The van der Waals surface area contributed by atoms with E-state index in [0.29, 0.717) is 56.0 Å². The average Bonchev–Trinajstić information content (AvgIpc) is 2.85. The first-order chi connectivity index (χ1) is 16.8. The zero-order chi connectivity index (χ0) is 25.3. The Morgan fingerprint density at radius 2 is 1.89 bits per heavy atom. The van der Waals surface area contributed by atoms with Gasteiger partial charge in [0.25, 0.3) is 0 Å². The molecule has 1 fully saturated rings. The van der Waals surface area contributed by atoms with Gasteiger partial charge in [-0.3, -0.25) is 5.43 Å². The lowest BCUT2D eigenvalue weighted by Gasteiger charge is -2.26. The van der Waals surface area contributed by atoms with E-state index >= 15 is 0 Å². The van der Waals surface area contributed by atoms with Gasteiger partial charge in [0.2, 0.25) is 10.0 Å². The Kier molecular flexibility index (Phi) is 9.84. The molecular formula is C24H32N4O5S2. The summed E-state index contributed by atoms with van der Waals surface area (Å²) in [5.41, 5.74) is 4.21. The number of methoxy groups -OCH3 is 1. The molecule has 3 rings (SSSR count). The van der Waals surface area contributed by atoms with Crippen molar-refractivity contribution in [3.63, 3.8) is 0 Å². The first-order valence-corrected chi connectivity index (χ1v) is 13.2. The topological polar surface area (TPSA) is 101 Å². The number of nitrogens with one attached hydrogen (secondary N) is 2. The molecule has 1 aliphatic heterocycles. The van der Waals surface area contributed by atoms with Crippen LogP contribution in [0.1, 0.15) is 25.8 Å². The number of thiocarbonyl (C=S) groups is 1. The molecule has 0 aliphatic carbocycles. The Balaban J connectivity index is 1.53. The molecule has 1 aliphatic rings. The van der Waals surface area contributed by atoms with Crippen molar-refractivity contribution in [2.45, 2.75) is 25.2 Å². The molecule has 0 unspecified atom stereocenters. The highest BCUT2D eigenvalue weighted by molar-refractivity contribution is 7.89. The minimum atomic E-state index is -3.54. The molecule has 0 radical (unpaired) electrons. The number of ether oxygens (including phenoxy) is 3. The number of rotatable bonds is 10. The SMILES string of the molecule is COc1cc(/C=N/NC(=S)Nc2ccc(S(=O)(=O)N3CCOCC3)cc2)ccc1OCCC(C)C. The van der Waals surface area contributed by atoms with Gasteiger partial charge in [0.05, 0.1) is 38.0 Å². The molecule has 2 N–H and O–H groups in total. The molecule has 0 atom stereocenters. The third-order valence-corrected chi connectivity index (χ3v) is 7.35. The molecule has 35 heavy (non-hydrogen) atoms. The van der Waals surface area contributed by atoms with Gasteiger partial charge < -0.3 is 19.5 Å². The lowest BCUT2D eigenvalue weighted by Crippen LogP contribution is -2.40. The lowest BCUT2D eigenvalue weighted by molar-refractivity contribution is 0.0730. The Labute approximate surface area is 212 Å². The van der Waals surface area contributed by atoms with Crippen LogP contribution in [0.5, 0.6) is 11.5 Å². The summed E-state index contributed by atoms with van der Waals surface area (Å²) >= 11 is 5.28. The van der Waals surface area contributed by atoms with E-state index < -0.39 is 10.0 Å². The van der Waals surface area contributed by atoms with E-state index in [0.717, 1.165) is 12.0 Å². The van der Waals surface area contributed by atoms with Crippen LogP contribution in [0.2, 0.25) is 0 Å². The van der Waals surface area contributed by atoms with Crippen molar-refractivity contribution in [1.82, 2.24) is 9.73 Å². The maximum atomic E-state index is 12.7. The van der Waals surface area contributed by atoms with Gasteiger partial charge in [-0.25, -0.2) is 8.42 Å². The molecule has 9 nitrogen and oxygen atoms in total. The number of hydrogen-bond donors (Lipinski definition) is 2. The predicted octanol–water partition coefficient (Wildman–Crippen LogP) is 3.46. The van der Waals surface area contributed by atoms with Crippen LogP contribution in [-0.2, 0) is 14.8 Å². The molecule has 0 saturated carbocycles. The number of anilines is 1. The number of hydrazone groups is 1. The van der Waals surface area contributed by atoms with E-state index in [4.69, 9.17) is 26.4 Å². The highest BCUT2D eigenvalue weighted by atomic mass is 32.2. The third-order valence-electron chi connectivity index (χ3n) is 5.24. The van der Waals surface area contributed by atoms with Crippen LogP contribution in [0, 0.1) is 5.92 Å². The number of hydrogen-bond acceptors (Lipinski definition) is 7. The first-order valence-electron chi connectivity index (χ1n) is 11.4. The Bertz CT molecular complexity index is 1120. The van der Waals surface area contributed by atoms with Crippen LogP contribution in [-0.4, -0.2) is 64.1 Å². The summed E-state index contributed by atoms with van der Waals surface area (Å²) in [6.45, 7) is 6.45. The maximum Gasteiger partial charge on any atom is 0.243 e. The van der Waals surface area contributed by atoms with E-state index in [1.807, 2.05) is 18.2 Å². The standard InChI is InChI=1S/C24H32N4O5S2/c1-18(2)10-13-33-22-9-4-19(16-23(22)31-3)17-25-27-24(34)26-20-5-7-21(8-6-20)35(29,30)28-11-14-32-15-12-28/h4-9,16-18H,10-15H2,1-3H3,(H2,26,27,34)/b25-17+. The van der Waals surface area contributed by atoms with Crippen molar-refractivity contribution >= 4 is 39.3 Å². The zero-order valence-corrected chi connectivity index (χ0v) is 21.8. The van der Waals surface area contributed by atoms with Gasteiger partial charge >= 0.3 is 0 Å². The van der Waals surface area contributed by atoms with Crippen molar-refractivity contribution in [3.05, 3.63) is 48.0 Å². The second kappa shape index (κ2) is 12.8. The molecule has 2 aromatic carbocycles. The fraction of sp³-hybridized carbons (Fsp3) is 0.417. The van der Waals surface area contributed by atoms with E-state index in [2.05, 4.69) is 29.7 Å². The second-order valence-corrected chi connectivity index (χ2v) is 10.7. The van der Waals surface area contributed by atoms with Crippen molar-refractivity contribution in [2.24, 2.45) is 11.0 Å². The molecular weight excluding hydrogens is 488 g/mol.